The highest BCUT2D eigenvalue weighted by Gasteiger charge is 2.08. The van der Waals surface area contributed by atoms with E-state index in [1.807, 2.05) is 0 Å². The number of aromatic nitrogens is 3. The van der Waals surface area contributed by atoms with Crippen molar-refractivity contribution in [1.82, 2.24) is 15.2 Å². The second-order valence-electron chi connectivity index (χ2n) is 4.74. The van der Waals surface area contributed by atoms with E-state index < -0.39 is 5.82 Å². The van der Waals surface area contributed by atoms with Gasteiger partial charge in [0.25, 0.3) is 0 Å². The topological polar surface area (TPSA) is 72.0 Å². The van der Waals surface area contributed by atoms with Gasteiger partial charge in [0, 0.05) is 5.02 Å². The Kier molecular flexibility index (Phi) is 4.72. The van der Waals surface area contributed by atoms with Crippen molar-refractivity contribution in [2.75, 3.05) is 17.7 Å². The van der Waals surface area contributed by atoms with E-state index in [-0.39, 0.29) is 11.6 Å². The molecule has 6 nitrogen and oxygen atoms in total. The van der Waals surface area contributed by atoms with E-state index in [2.05, 4.69) is 25.8 Å². The zero-order chi connectivity index (χ0) is 16.9. The highest BCUT2D eigenvalue weighted by molar-refractivity contribution is 6.31. The Hall–Kier alpha value is -2.93. The van der Waals surface area contributed by atoms with Gasteiger partial charge in [-0.1, -0.05) is 23.7 Å². The first kappa shape index (κ1) is 15.9. The third kappa shape index (κ3) is 3.69. The van der Waals surface area contributed by atoms with E-state index in [9.17, 15) is 4.39 Å². The quantitative estimate of drug-likeness (QED) is 0.723. The van der Waals surface area contributed by atoms with Gasteiger partial charge in [0.2, 0.25) is 5.95 Å². The first-order chi connectivity index (χ1) is 11.7. The van der Waals surface area contributed by atoms with Gasteiger partial charge >= 0.3 is 0 Å². The molecular weight excluding hydrogens is 333 g/mol. The van der Waals surface area contributed by atoms with Gasteiger partial charge in [-0.15, -0.1) is 5.10 Å². The number of nitrogens with one attached hydrogen (secondary N) is 2. The maximum absolute atomic E-state index is 13.7. The molecule has 1 aromatic heterocycles. The lowest BCUT2D eigenvalue weighted by Gasteiger charge is -2.11. The Morgan fingerprint density at radius 3 is 2.71 bits per heavy atom. The summed E-state index contributed by atoms with van der Waals surface area (Å²) in [4.78, 5) is 4.25. The second kappa shape index (κ2) is 7.10. The molecule has 2 aromatic carbocycles. The SMILES string of the molecule is COc1ccc(Cl)cc1Nc1cnnc(Nc2ccccc2F)n1. The minimum atomic E-state index is -0.407. The Morgan fingerprint density at radius 1 is 1.08 bits per heavy atom. The maximum atomic E-state index is 13.7. The highest BCUT2D eigenvalue weighted by Crippen LogP contribution is 2.30. The van der Waals surface area contributed by atoms with Gasteiger partial charge in [0.15, 0.2) is 5.82 Å². The highest BCUT2D eigenvalue weighted by atomic mass is 35.5. The zero-order valence-electron chi connectivity index (χ0n) is 12.6. The molecule has 0 aliphatic carbocycles. The maximum Gasteiger partial charge on any atom is 0.249 e. The smallest absolute Gasteiger partial charge is 0.249 e. The molecule has 122 valence electrons. The summed E-state index contributed by atoms with van der Waals surface area (Å²) in [7, 11) is 1.55. The van der Waals surface area contributed by atoms with Crippen LogP contribution in [0, 0.1) is 5.82 Å². The first-order valence-electron chi connectivity index (χ1n) is 6.97. The van der Waals surface area contributed by atoms with Gasteiger partial charge in [0.1, 0.15) is 11.6 Å². The van der Waals surface area contributed by atoms with Gasteiger partial charge < -0.3 is 15.4 Å². The lowest BCUT2D eigenvalue weighted by atomic mass is 10.3. The van der Waals surface area contributed by atoms with Crippen molar-refractivity contribution < 1.29 is 9.13 Å². The van der Waals surface area contributed by atoms with Crippen LogP contribution in [0.15, 0.2) is 48.7 Å². The summed E-state index contributed by atoms with van der Waals surface area (Å²) in [5, 5.41) is 14.1. The van der Waals surface area contributed by atoms with E-state index in [4.69, 9.17) is 16.3 Å². The summed E-state index contributed by atoms with van der Waals surface area (Å²) in [6.45, 7) is 0. The molecule has 0 saturated carbocycles. The molecule has 0 bridgehead atoms. The molecule has 0 fully saturated rings. The predicted octanol–water partition coefficient (Wildman–Crippen LogP) is 4.16. The van der Waals surface area contributed by atoms with Crippen molar-refractivity contribution in [2.45, 2.75) is 0 Å². The Morgan fingerprint density at radius 2 is 1.92 bits per heavy atom. The molecule has 0 spiro atoms. The van der Waals surface area contributed by atoms with Crippen LogP contribution >= 0.6 is 11.6 Å². The normalized spacial score (nSPS) is 10.3. The molecule has 24 heavy (non-hydrogen) atoms. The lowest BCUT2D eigenvalue weighted by molar-refractivity contribution is 0.417. The van der Waals surface area contributed by atoms with Crippen LogP contribution in [0.1, 0.15) is 0 Å². The summed E-state index contributed by atoms with van der Waals surface area (Å²) in [6.07, 6.45) is 1.44. The summed E-state index contributed by atoms with van der Waals surface area (Å²) in [6, 6.07) is 11.4. The standard InChI is InChI=1S/C16H13ClFN5O/c1-24-14-7-6-10(17)8-13(14)20-15-9-19-23-16(22-15)21-12-5-3-2-4-11(12)18/h2-9H,1H3,(H2,20,21,22,23). The van der Waals surface area contributed by atoms with Gasteiger partial charge in [-0.3, -0.25) is 0 Å². The fraction of sp³-hybridized carbons (Fsp3) is 0.0625. The third-order valence-electron chi connectivity index (χ3n) is 3.10. The van der Waals surface area contributed by atoms with Crippen LogP contribution in [0.4, 0.5) is 27.5 Å². The van der Waals surface area contributed by atoms with Crippen LogP contribution in [-0.4, -0.2) is 22.3 Å². The fourth-order valence-corrected chi connectivity index (χ4v) is 2.19. The Bertz CT molecular complexity index is 861. The number of rotatable bonds is 5. The van der Waals surface area contributed by atoms with E-state index in [1.54, 1.807) is 43.5 Å². The van der Waals surface area contributed by atoms with Crippen molar-refractivity contribution in [3.63, 3.8) is 0 Å². The van der Waals surface area contributed by atoms with E-state index in [1.165, 1.54) is 12.3 Å². The minimum absolute atomic E-state index is 0.158. The largest absolute Gasteiger partial charge is 0.495 e. The molecule has 0 unspecified atom stereocenters. The number of anilines is 4. The molecule has 3 aromatic rings. The lowest BCUT2D eigenvalue weighted by Crippen LogP contribution is -2.04. The number of nitrogens with zero attached hydrogens (tertiary/aromatic N) is 3. The number of para-hydroxylation sites is 1. The van der Waals surface area contributed by atoms with Gasteiger partial charge in [-0.2, -0.15) is 10.1 Å². The first-order valence-corrected chi connectivity index (χ1v) is 7.35. The van der Waals surface area contributed by atoms with E-state index in [0.29, 0.717) is 22.3 Å². The van der Waals surface area contributed by atoms with Crippen LogP contribution in [0.2, 0.25) is 5.02 Å². The summed E-state index contributed by atoms with van der Waals surface area (Å²) < 4.78 is 18.9. The molecule has 0 atom stereocenters. The van der Waals surface area contributed by atoms with Crippen molar-refractivity contribution >= 4 is 34.7 Å². The van der Waals surface area contributed by atoms with Crippen molar-refractivity contribution in [3.8, 4) is 5.75 Å². The molecule has 2 N–H and O–H groups in total. The molecular formula is C16H13ClFN5O. The fourth-order valence-electron chi connectivity index (χ4n) is 2.02. The number of halogens is 2. The molecule has 1 heterocycles. The zero-order valence-corrected chi connectivity index (χ0v) is 13.4. The third-order valence-corrected chi connectivity index (χ3v) is 3.34. The number of hydrogen-bond acceptors (Lipinski definition) is 6. The number of benzene rings is 2. The van der Waals surface area contributed by atoms with Crippen LogP contribution in [0.5, 0.6) is 5.75 Å². The molecule has 0 radical (unpaired) electrons. The summed E-state index contributed by atoms with van der Waals surface area (Å²) >= 11 is 6.00. The molecule has 0 amide bonds. The minimum Gasteiger partial charge on any atom is -0.495 e. The van der Waals surface area contributed by atoms with Crippen LogP contribution in [0.25, 0.3) is 0 Å². The van der Waals surface area contributed by atoms with Crippen LogP contribution in [0.3, 0.4) is 0 Å². The predicted molar refractivity (Wildman–Crippen MR) is 90.8 cm³/mol. The second-order valence-corrected chi connectivity index (χ2v) is 5.18. The number of ether oxygens (including phenoxy) is 1. The average molecular weight is 346 g/mol. The average Bonchev–Trinajstić information content (AvgIpc) is 2.58. The van der Waals surface area contributed by atoms with E-state index >= 15 is 0 Å². The van der Waals surface area contributed by atoms with Crippen molar-refractivity contribution in [3.05, 3.63) is 59.5 Å². The Balaban J connectivity index is 1.84. The van der Waals surface area contributed by atoms with Crippen molar-refractivity contribution in [1.29, 1.82) is 0 Å². The van der Waals surface area contributed by atoms with Crippen LogP contribution < -0.4 is 15.4 Å². The van der Waals surface area contributed by atoms with E-state index in [0.717, 1.165) is 0 Å². The van der Waals surface area contributed by atoms with Gasteiger partial charge in [-0.05, 0) is 30.3 Å². The van der Waals surface area contributed by atoms with Crippen molar-refractivity contribution in [2.24, 2.45) is 0 Å². The number of hydrogen-bond donors (Lipinski definition) is 2. The summed E-state index contributed by atoms with van der Waals surface area (Å²) in [5.41, 5.74) is 0.888. The summed E-state index contributed by atoms with van der Waals surface area (Å²) in [5.74, 6) is 0.757. The molecule has 3 rings (SSSR count). The van der Waals surface area contributed by atoms with Crippen LogP contribution in [-0.2, 0) is 0 Å². The Labute approximate surface area is 142 Å². The van der Waals surface area contributed by atoms with Gasteiger partial charge in [-0.25, -0.2) is 4.39 Å². The number of methoxy groups -OCH3 is 1. The molecule has 8 heteroatoms. The molecule has 0 saturated heterocycles. The molecule has 0 aliphatic rings. The molecule has 0 aliphatic heterocycles. The van der Waals surface area contributed by atoms with Gasteiger partial charge in [0.05, 0.1) is 24.7 Å². The monoisotopic (exact) mass is 345 g/mol.